The minimum atomic E-state index is -0.478. The van der Waals surface area contributed by atoms with Crippen LogP contribution in [0, 0.1) is 5.41 Å². The van der Waals surface area contributed by atoms with E-state index in [0.29, 0.717) is 12.5 Å². The summed E-state index contributed by atoms with van der Waals surface area (Å²) in [5.41, 5.74) is 6.95. The number of amides is 1. The fourth-order valence-electron chi connectivity index (χ4n) is 2.01. The van der Waals surface area contributed by atoms with Crippen molar-refractivity contribution in [2.45, 2.75) is 46.1 Å². The van der Waals surface area contributed by atoms with Crippen molar-refractivity contribution < 1.29 is 9.53 Å². The molecule has 0 aliphatic heterocycles. The summed E-state index contributed by atoms with van der Waals surface area (Å²) in [5, 5.41) is 2.92. The number of nitrogens with one attached hydrogen (secondary N) is 1. The van der Waals surface area contributed by atoms with Crippen molar-refractivity contribution in [2.24, 2.45) is 11.1 Å². The molecule has 0 saturated heterocycles. The van der Waals surface area contributed by atoms with Gasteiger partial charge in [-0.25, -0.2) is 0 Å². The van der Waals surface area contributed by atoms with E-state index in [9.17, 15) is 4.79 Å². The first-order valence-corrected chi connectivity index (χ1v) is 7.43. The molecule has 126 valence electrons. The van der Waals surface area contributed by atoms with Crippen LogP contribution in [-0.4, -0.2) is 25.6 Å². The maximum atomic E-state index is 11.9. The minimum absolute atomic E-state index is 0. The van der Waals surface area contributed by atoms with Gasteiger partial charge in [0.15, 0.2) is 0 Å². The standard InChI is InChI=1S/C17H28N2O2.ClH/c1-12(13-6-8-14(21-5)9-7-13)10-11-19-16(20)15(18)17(2,3)4;/h6-9,12,15H,10-11,18H2,1-5H3,(H,19,20);1H/t12?,15-;/m1./s1. The Balaban J connectivity index is 0.00000441. The quantitative estimate of drug-likeness (QED) is 0.843. The van der Waals surface area contributed by atoms with Crippen molar-refractivity contribution in [2.75, 3.05) is 13.7 Å². The Morgan fingerprint density at radius 1 is 1.27 bits per heavy atom. The smallest absolute Gasteiger partial charge is 0.237 e. The zero-order valence-electron chi connectivity index (χ0n) is 14.2. The fourth-order valence-corrected chi connectivity index (χ4v) is 2.01. The maximum Gasteiger partial charge on any atom is 0.237 e. The molecule has 3 N–H and O–H groups in total. The third-order valence-electron chi connectivity index (χ3n) is 3.78. The SMILES string of the molecule is COc1ccc(C(C)CCNC(=O)[C@@H](N)C(C)(C)C)cc1.Cl. The van der Waals surface area contributed by atoms with Gasteiger partial charge in [-0.05, 0) is 35.4 Å². The fraction of sp³-hybridized carbons (Fsp3) is 0.588. The Labute approximate surface area is 140 Å². The summed E-state index contributed by atoms with van der Waals surface area (Å²) in [7, 11) is 1.66. The number of methoxy groups -OCH3 is 1. The van der Waals surface area contributed by atoms with Crippen molar-refractivity contribution in [3.63, 3.8) is 0 Å². The summed E-state index contributed by atoms with van der Waals surface area (Å²) in [6, 6.07) is 7.56. The highest BCUT2D eigenvalue weighted by molar-refractivity contribution is 5.85. The van der Waals surface area contributed by atoms with Crippen LogP contribution in [0.15, 0.2) is 24.3 Å². The van der Waals surface area contributed by atoms with Crippen LogP contribution >= 0.6 is 12.4 Å². The summed E-state index contributed by atoms with van der Waals surface area (Å²) in [6.45, 7) is 8.69. The lowest BCUT2D eigenvalue weighted by Crippen LogP contribution is -2.48. The normalized spacial score (nSPS) is 13.7. The summed E-state index contributed by atoms with van der Waals surface area (Å²) in [4.78, 5) is 11.9. The molecule has 0 bridgehead atoms. The van der Waals surface area contributed by atoms with Crippen molar-refractivity contribution in [3.8, 4) is 5.75 Å². The predicted octanol–water partition coefficient (Wildman–Crippen LogP) is 3.10. The summed E-state index contributed by atoms with van der Waals surface area (Å²) < 4.78 is 5.15. The molecule has 1 aromatic carbocycles. The predicted molar refractivity (Wildman–Crippen MR) is 93.7 cm³/mol. The van der Waals surface area contributed by atoms with Gasteiger partial charge >= 0.3 is 0 Å². The number of hydrogen-bond acceptors (Lipinski definition) is 3. The van der Waals surface area contributed by atoms with Crippen LogP contribution in [0.2, 0.25) is 0 Å². The van der Waals surface area contributed by atoms with E-state index in [1.54, 1.807) is 7.11 Å². The Bertz CT molecular complexity index is 455. The molecular formula is C17H29ClN2O2. The van der Waals surface area contributed by atoms with Crippen LogP contribution in [0.4, 0.5) is 0 Å². The molecule has 0 radical (unpaired) electrons. The highest BCUT2D eigenvalue weighted by Crippen LogP contribution is 2.21. The van der Waals surface area contributed by atoms with Gasteiger partial charge in [0, 0.05) is 6.54 Å². The van der Waals surface area contributed by atoms with Crippen molar-refractivity contribution >= 4 is 18.3 Å². The van der Waals surface area contributed by atoms with E-state index >= 15 is 0 Å². The van der Waals surface area contributed by atoms with E-state index in [4.69, 9.17) is 10.5 Å². The van der Waals surface area contributed by atoms with Gasteiger partial charge in [-0.2, -0.15) is 0 Å². The minimum Gasteiger partial charge on any atom is -0.497 e. The van der Waals surface area contributed by atoms with E-state index in [1.165, 1.54) is 5.56 Å². The Hall–Kier alpha value is -1.26. The summed E-state index contributed by atoms with van der Waals surface area (Å²) in [6.07, 6.45) is 0.884. The number of carbonyl (C=O) groups is 1. The average molecular weight is 329 g/mol. The molecule has 1 rings (SSSR count). The summed E-state index contributed by atoms with van der Waals surface area (Å²) >= 11 is 0. The van der Waals surface area contributed by atoms with Crippen LogP contribution < -0.4 is 15.8 Å². The number of halogens is 1. The van der Waals surface area contributed by atoms with Crippen molar-refractivity contribution in [1.29, 1.82) is 0 Å². The zero-order chi connectivity index (χ0) is 16.0. The molecule has 1 unspecified atom stereocenters. The van der Waals surface area contributed by atoms with E-state index in [-0.39, 0.29) is 23.7 Å². The molecule has 1 aromatic rings. The van der Waals surface area contributed by atoms with Gasteiger partial charge in [-0.1, -0.05) is 39.8 Å². The Morgan fingerprint density at radius 2 is 1.82 bits per heavy atom. The number of rotatable bonds is 6. The molecule has 0 aliphatic carbocycles. The largest absolute Gasteiger partial charge is 0.497 e. The Kier molecular flexibility index (Phi) is 8.49. The van der Waals surface area contributed by atoms with Crippen LogP contribution in [0.5, 0.6) is 5.75 Å². The maximum absolute atomic E-state index is 11.9. The van der Waals surface area contributed by atoms with E-state index in [1.807, 2.05) is 32.9 Å². The molecule has 22 heavy (non-hydrogen) atoms. The van der Waals surface area contributed by atoms with Crippen molar-refractivity contribution in [1.82, 2.24) is 5.32 Å². The first-order chi connectivity index (χ1) is 9.75. The highest BCUT2D eigenvalue weighted by Gasteiger charge is 2.27. The van der Waals surface area contributed by atoms with Crippen LogP contribution in [0.25, 0.3) is 0 Å². The number of hydrogen-bond donors (Lipinski definition) is 2. The van der Waals surface area contributed by atoms with Crippen LogP contribution in [0.1, 0.15) is 45.6 Å². The van der Waals surface area contributed by atoms with Crippen molar-refractivity contribution in [3.05, 3.63) is 29.8 Å². The molecule has 0 heterocycles. The second kappa shape index (κ2) is 9.01. The van der Waals surface area contributed by atoms with Gasteiger partial charge < -0.3 is 15.8 Å². The molecule has 0 saturated carbocycles. The highest BCUT2D eigenvalue weighted by atomic mass is 35.5. The lowest BCUT2D eigenvalue weighted by atomic mass is 9.87. The molecular weight excluding hydrogens is 300 g/mol. The molecule has 1 amide bonds. The van der Waals surface area contributed by atoms with Gasteiger partial charge in [0.1, 0.15) is 5.75 Å². The number of ether oxygens (including phenoxy) is 1. The van der Waals surface area contributed by atoms with Gasteiger partial charge in [0.25, 0.3) is 0 Å². The van der Waals surface area contributed by atoms with Gasteiger partial charge in [0.2, 0.25) is 5.91 Å². The lowest BCUT2D eigenvalue weighted by molar-refractivity contribution is -0.124. The molecule has 0 fully saturated rings. The summed E-state index contributed by atoms with van der Waals surface area (Å²) in [5.74, 6) is 1.15. The number of benzene rings is 1. The number of nitrogens with two attached hydrogens (primary N) is 1. The molecule has 0 aromatic heterocycles. The third kappa shape index (κ3) is 6.24. The van der Waals surface area contributed by atoms with E-state index in [2.05, 4.69) is 24.4 Å². The van der Waals surface area contributed by atoms with Gasteiger partial charge in [0.05, 0.1) is 13.2 Å². The monoisotopic (exact) mass is 328 g/mol. The third-order valence-corrected chi connectivity index (χ3v) is 3.78. The van der Waals surface area contributed by atoms with Crippen LogP contribution in [0.3, 0.4) is 0 Å². The topological polar surface area (TPSA) is 64.3 Å². The second-order valence-electron chi connectivity index (χ2n) is 6.60. The average Bonchev–Trinajstić information content (AvgIpc) is 2.45. The zero-order valence-corrected chi connectivity index (χ0v) is 15.0. The Morgan fingerprint density at radius 3 is 2.27 bits per heavy atom. The molecule has 5 heteroatoms. The van der Waals surface area contributed by atoms with E-state index in [0.717, 1.165) is 12.2 Å². The molecule has 0 aliphatic rings. The number of carbonyl (C=O) groups excluding carboxylic acids is 1. The first-order valence-electron chi connectivity index (χ1n) is 7.43. The second-order valence-corrected chi connectivity index (χ2v) is 6.60. The van der Waals surface area contributed by atoms with Crippen LogP contribution in [-0.2, 0) is 4.79 Å². The van der Waals surface area contributed by atoms with Gasteiger partial charge in [-0.3, -0.25) is 4.79 Å². The molecule has 4 nitrogen and oxygen atoms in total. The lowest BCUT2D eigenvalue weighted by Gasteiger charge is -2.26. The van der Waals surface area contributed by atoms with Gasteiger partial charge in [-0.15, -0.1) is 12.4 Å². The van der Waals surface area contributed by atoms with E-state index < -0.39 is 6.04 Å². The molecule has 2 atom stereocenters. The molecule has 0 spiro atoms. The first kappa shape index (κ1) is 20.7.